The van der Waals surface area contributed by atoms with Gasteiger partial charge in [-0.1, -0.05) is 6.92 Å². The van der Waals surface area contributed by atoms with Crippen LogP contribution < -0.4 is 5.32 Å². The van der Waals surface area contributed by atoms with E-state index in [9.17, 15) is 0 Å². The minimum absolute atomic E-state index is 0.591. The predicted octanol–water partition coefficient (Wildman–Crippen LogP) is 1.33. The van der Waals surface area contributed by atoms with E-state index in [1.165, 1.54) is 18.5 Å². The second-order valence-electron chi connectivity index (χ2n) is 3.50. The molecule has 0 radical (unpaired) electrons. The lowest BCUT2D eigenvalue weighted by Crippen LogP contribution is -2.25. The average Bonchev–Trinajstić information content (AvgIpc) is 2.67. The Morgan fingerprint density at radius 2 is 2.54 bits per heavy atom. The summed E-state index contributed by atoms with van der Waals surface area (Å²) in [6.45, 7) is 3.34. The topological polar surface area (TPSA) is 37.8 Å². The van der Waals surface area contributed by atoms with Crippen molar-refractivity contribution in [3.05, 3.63) is 24.3 Å². The van der Waals surface area contributed by atoms with Crippen LogP contribution in [-0.2, 0) is 0 Å². The lowest BCUT2D eigenvalue weighted by Gasteiger charge is -2.16. The maximum Gasteiger partial charge on any atom is 0.115 e. The van der Waals surface area contributed by atoms with Crippen LogP contribution in [0.5, 0.6) is 0 Å². The highest BCUT2D eigenvalue weighted by atomic mass is 15.0. The first kappa shape index (κ1) is 8.63. The Kier molecular flexibility index (Phi) is 2.54. The number of hydrogen-bond donors (Lipinski definition) is 1. The Bertz CT molecular complexity index is 260. The molecule has 1 N–H and O–H groups in total. The molecular formula is C10H15N3. The van der Waals surface area contributed by atoms with Crippen LogP contribution in [0.1, 0.15) is 31.4 Å². The van der Waals surface area contributed by atoms with Gasteiger partial charge >= 0.3 is 0 Å². The fourth-order valence-corrected chi connectivity index (χ4v) is 2.07. The number of rotatable bonds is 2. The first-order valence-electron chi connectivity index (χ1n) is 4.91. The highest BCUT2D eigenvalue weighted by Crippen LogP contribution is 2.27. The molecule has 3 nitrogen and oxygen atoms in total. The van der Waals surface area contributed by atoms with Crippen molar-refractivity contribution in [2.45, 2.75) is 31.7 Å². The summed E-state index contributed by atoms with van der Waals surface area (Å²) in [7, 11) is 0. The highest BCUT2D eigenvalue weighted by Gasteiger charge is 2.27. The molecule has 1 fully saturated rings. The summed E-state index contributed by atoms with van der Waals surface area (Å²) in [5.41, 5.74) is 1.19. The molecule has 1 saturated heterocycles. The van der Waals surface area contributed by atoms with Gasteiger partial charge in [-0.3, -0.25) is 0 Å². The van der Waals surface area contributed by atoms with Crippen molar-refractivity contribution in [1.29, 1.82) is 0 Å². The maximum atomic E-state index is 4.31. The minimum Gasteiger partial charge on any atom is -0.313 e. The SMILES string of the molecule is CCC1NCCC1c1ccncn1. The molecule has 0 saturated carbocycles. The molecule has 2 rings (SSSR count). The fraction of sp³-hybridized carbons (Fsp3) is 0.600. The van der Waals surface area contributed by atoms with E-state index in [2.05, 4.69) is 22.2 Å². The third kappa shape index (κ3) is 1.70. The number of hydrogen-bond acceptors (Lipinski definition) is 3. The fourth-order valence-electron chi connectivity index (χ4n) is 2.07. The van der Waals surface area contributed by atoms with Gasteiger partial charge in [0.05, 0.1) is 0 Å². The Balaban J connectivity index is 2.16. The summed E-state index contributed by atoms with van der Waals surface area (Å²) in [6, 6.07) is 2.63. The Hall–Kier alpha value is -0.960. The van der Waals surface area contributed by atoms with Crippen molar-refractivity contribution < 1.29 is 0 Å². The van der Waals surface area contributed by atoms with Crippen LogP contribution in [-0.4, -0.2) is 22.6 Å². The molecule has 0 aromatic carbocycles. The van der Waals surface area contributed by atoms with Gasteiger partial charge in [-0.15, -0.1) is 0 Å². The standard InChI is InChI=1S/C10H15N3/c1-2-9-8(3-6-12-9)10-4-5-11-7-13-10/h4-5,7-9,12H,2-3,6H2,1H3. The molecular weight excluding hydrogens is 162 g/mol. The van der Waals surface area contributed by atoms with E-state index in [-0.39, 0.29) is 0 Å². The average molecular weight is 177 g/mol. The second-order valence-corrected chi connectivity index (χ2v) is 3.50. The number of nitrogens with one attached hydrogen (secondary N) is 1. The van der Waals surface area contributed by atoms with Gasteiger partial charge in [0.1, 0.15) is 6.33 Å². The molecule has 0 spiro atoms. The lowest BCUT2D eigenvalue weighted by atomic mass is 9.95. The molecule has 1 aromatic rings. The van der Waals surface area contributed by atoms with Gasteiger partial charge in [-0.25, -0.2) is 9.97 Å². The van der Waals surface area contributed by atoms with Gasteiger partial charge in [-0.2, -0.15) is 0 Å². The van der Waals surface area contributed by atoms with Crippen LogP contribution in [0.2, 0.25) is 0 Å². The number of aromatic nitrogens is 2. The van der Waals surface area contributed by atoms with Crippen LogP contribution in [0.3, 0.4) is 0 Å². The quantitative estimate of drug-likeness (QED) is 0.740. The second kappa shape index (κ2) is 3.83. The van der Waals surface area contributed by atoms with Crippen molar-refractivity contribution in [3.63, 3.8) is 0 Å². The zero-order valence-electron chi connectivity index (χ0n) is 7.90. The van der Waals surface area contributed by atoms with E-state index >= 15 is 0 Å². The first-order valence-corrected chi connectivity index (χ1v) is 4.91. The van der Waals surface area contributed by atoms with Gasteiger partial charge in [-0.05, 0) is 25.5 Å². The van der Waals surface area contributed by atoms with Gasteiger partial charge in [0.2, 0.25) is 0 Å². The van der Waals surface area contributed by atoms with Crippen molar-refractivity contribution in [2.75, 3.05) is 6.54 Å². The van der Waals surface area contributed by atoms with Crippen LogP contribution in [0, 0.1) is 0 Å². The Morgan fingerprint density at radius 1 is 1.62 bits per heavy atom. The molecule has 2 unspecified atom stereocenters. The highest BCUT2D eigenvalue weighted by molar-refractivity contribution is 5.11. The molecule has 0 amide bonds. The van der Waals surface area contributed by atoms with E-state index < -0.39 is 0 Å². The summed E-state index contributed by atoms with van der Waals surface area (Å²) in [4.78, 5) is 8.24. The molecule has 0 bridgehead atoms. The molecule has 70 valence electrons. The van der Waals surface area contributed by atoms with Crippen LogP contribution in [0.15, 0.2) is 18.6 Å². The normalized spacial score (nSPS) is 27.8. The minimum atomic E-state index is 0.591. The van der Waals surface area contributed by atoms with Crippen molar-refractivity contribution >= 4 is 0 Å². The zero-order valence-corrected chi connectivity index (χ0v) is 7.90. The summed E-state index contributed by atoms with van der Waals surface area (Å²) in [5.74, 6) is 0.591. The third-order valence-electron chi connectivity index (χ3n) is 2.77. The monoisotopic (exact) mass is 177 g/mol. The molecule has 0 aliphatic carbocycles. The van der Waals surface area contributed by atoms with Gasteiger partial charge in [0.15, 0.2) is 0 Å². The number of nitrogens with zero attached hydrogens (tertiary/aromatic N) is 2. The van der Waals surface area contributed by atoms with Crippen molar-refractivity contribution in [2.24, 2.45) is 0 Å². The van der Waals surface area contributed by atoms with E-state index in [0.29, 0.717) is 12.0 Å². The van der Waals surface area contributed by atoms with Crippen LogP contribution >= 0.6 is 0 Å². The summed E-state index contributed by atoms with van der Waals surface area (Å²) in [6.07, 6.45) is 5.85. The Morgan fingerprint density at radius 3 is 3.23 bits per heavy atom. The lowest BCUT2D eigenvalue weighted by molar-refractivity contribution is 0.522. The molecule has 2 atom stereocenters. The first-order chi connectivity index (χ1) is 6.42. The van der Waals surface area contributed by atoms with Crippen LogP contribution in [0.4, 0.5) is 0 Å². The third-order valence-corrected chi connectivity index (χ3v) is 2.77. The Labute approximate surface area is 78.6 Å². The summed E-state index contributed by atoms with van der Waals surface area (Å²) in [5, 5.41) is 3.49. The van der Waals surface area contributed by atoms with E-state index in [4.69, 9.17) is 0 Å². The summed E-state index contributed by atoms with van der Waals surface area (Å²) < 4.78 is 0. The molecule has 2 heterocycles. The zero-order chi connectivity index (χ0) is 9.10. The molecule has 1 aliphatic rings. The maximum absolute atomic E-state index is 4.31. The van der Waals surface area contributed by atoms with Crippen molar-refractivity contribution in [1.82, 2.24) is 15.3 Å². The smallest absolute Gasteiger partial charge is 0.115 e. The van der Waals surface area contributed by atoms with Crippen molar-refractivity contribution in [3.8, 4) is 0 Å². The predicted molar refractivity (Wildman–Crippen MR) is 51.5 cm³/mol. The van der Waals surface area contributed by atoms with E-state index in [0.717, 1.165) is 6.54 Å². The molecule has 1 aromatic heterocycles. The van der Waals surface area contributed by atoms with E-state index in [1.54, 1.807) is 6.33 Å². The van der Waals surface area contributed by atoms with E-state index in [1.807, 2.05) is 12.3 Å². The molecule has 3 heteroatoms. The molecule has 1 aliphatic heterocycles. The molecule has 13 heavy (non-hydrogen) atoms. The van der Waals surface area contributed by atoms with Gasteiger partial charge in [0.25, 0.3) is 0 Å². The van der Waals surface area contributed by atoms with Gasteiger partial charge in [0, 0.05) is 23.9 Å². The summed E-state index contributed by atoms with van der Waals surface area (Å²) >= 11 is 0. The van der Waals surface area contributed by atoms with Gasteiger partial charge < -0.3 is 5.32 Å². The largest absolute Gasteiger partial charge is 0.313 e. The van der Waals surface area contributed by atoms with Crippen LogP contribution in [0.25, 0.3) is 0 Å².